The van der Waals surface area contributed by atoms with E-state index in [1.54, 1.807) is 22.5 Å². The van der Waals surface area contributed by atoms with E-state index in [9.17, 15) is 4.79 Å². The Morgan fingerprint density at radius 2 is 1.96 bits per heavy atom. The van der Waals surface area contributed by atoms with E-state index in [2.05, 4.69) is 64.5 Å². The summed E-state index contributed by atoms with van der Waals surface area (Å²) >= 11 is 1.59. The van der Waals surface area contributed by atoms with Crippen LogP contribution in [-0.2, 0) is 12.2 Å². The van der Waals surface area contributed by atoms with Gasteiger partial charge in [-0.1, -0.05) is 61.2 Å². The predicted octanol–water partition coefficient (Wildman–Crippen LogP) is 4.33. The molecule has 6 heteroatoms. The minimum absolute atomic E-state index is 0.151. The smallest absolute Gasteiger partial charge is 0.253 e. The fourth-order valence-corrected chi connectivity index (χ4v) is 4.50. The van der Waals surface area contributed by atoms with Crippen LogP contribution in [0.15, 0.2) is 53.8 Å². The van der Waals surface area contributed by atoms with E-state index in [0.29, 0.717) is 28.8 Å². The largest absolute Gasteiger partial charge is 0.294 e. The average Bonchev–Trinajstić information content (AvgIpc) is 3.06. The van der Waals surface area contributed by atoms with Crippen molar-refractivity contribution in [2.45, 2.75) is 30.7 Å². The molecule has 1 aliphatic rings. The summed E-state index contributed by atoms with van der Waals surface area (Å²) in [6.45, 7) is 2.09. The van der Waals surface area contributed by atoms with Crippen LogP contribution in [0.25, 0.3) is 16.6 Å². The minimum atomic E-state index is 0.151. The third kappa shape index (κ3) is 3.00. The summed E-state index contributed by atoms with van der Waals surface area (Å²) < 4.78 is 1.64. The van der Waals surface area contributed by atoms with Crippen molar-refractivity contribution in [1.29, 1.82) is 0 Å². The lowest BCUT2D eigenvalue weighted by molar-refractivity contribution is 0.0951. The van der Waals surface area contributed by atoms with Crippen molar-refractivity contribution < 1.29 is 4.79 Å². The number of hydrogen-bond acceptors (Lipinski definition) is 5. The molecular weight excluding hydrogens is 356 g/mol. The molecule has 5 rings (SSSR count). The van der Waals surface area contributed by atoms with E-state index < -0.39 is 0 Å². The summed E-state index contributed by atoms with van der Waals surface area (Å²) in [6.07, 6.45) is 3.20. The average molecular weight is 374 g/mol. The highest BCUT2D eigenvalue weighted by atomic mass is 32.2. The number of ketones is 1. The van der Waals surface area contributed by atoms with Gasteiger partial charge in [0.2, 0.25) is 5.16 Å². The topological polar surface area (TPSA) is 60.2 Å². The molecule has 2 aromatic heterocycles. The molecule has 0 spiro atoms. The number of nitrogens with zero attached hydrogens (tertiary/aromatic N) is 4. The highest BCUT2D eigenvalue weighted by molar-refractivity contribution is 7.98. The van der Waals surface area contributed by atoms with Gasteiger partial charge >= 0.3 is 0 Å². The number of aromatic nitrogens is 4. The molecule has 2 heterocycles. The summed E-state index contributed by atoms with van der Waals surface area (Å²) in [7, 11) is 0. The lowest BCUT2D eigenvalue weighted by atomic mass is 9.88. The van der Waals surface area contributed by atoms with E-state index in [0.717, 1.165) is 17.9 Å². The number of carbonyl (C=O) groups is 1. The first-order chi connectivity index (χ1) is 13.2. The first-order valence-corrected chi connectivity index (χ1v) is 10.0. The molecule has 0 saturated carbocycles. The first kappa shape index (κ1) is 16.4. The second-order valence-corrected chi connectivity index (χ2v) is 8.05. The molecule has 4 aromatic rings. The van der Waals surface area contributed by atoms with Gasteiger partial charge in [0, 0.05) is 18.4 Å². The van der Waals surface area contributed by atoms with Gasteiger partial charge < -0.3 is 0 Å². The quantitative estimate of drug-likeness (QED) is 0.499. The first-order valence-electron chi connectivity index (χ1n) is 9.06. The molecule has 134 valence electrons. The van der Waals surface area contributed by atoms with Gasteiger partial charge in [0.1, 0.15) is 0 Å². The van der Waals surface area contributed by atoms with Crippen molar-refractivity contribution in [2.75, 3.05) is 0 Å². The van der Waals surface area contributed by atoms with E-state index in [4.69, 9.17) is 0 Å². The molecule has 1 aliphatic carbocycles. The van der Waals surface area contributed by atoms with Crippen molar-refractivity contribution in [3.8, 4) is 0 Å². The van der Waals surface area contributed by atoms with Gasteiger partial charge in [-0.15, -0.1) is 5.10 Å². The molecule has 0 N–H and O–H groups in total. The molecule has 0 bridgehead atoms. The van der Waals surface area contributed by atoms with Crippen LogP contribution in [0.5, 0.6) is 0 Å². The van der Waals surface area contributed by atoms with Crippen LogP contribution in [0.4, 0.5) is 0 Å². The lowest BCUT2D eigenvalue weighted by Crippen LogP contribution is -2.20. The molecule has 2 aromatic carbocycles. The molecule has 5 nitrogen and oxygen atoms in total. The second kappa shape index (κ2) is 6.46. The molecule has 0 aliphatic heterocycles. The molecule has 27 heavy (non-hydrogen) atoms. The lowest BCUT2D eigenvalue weighted by Gasteiger charge is -2.18. The number of rotatable bonds is 3. The zero-order chi connectivity index (χ0) is 18.4. The Hall–Kier alpha value is -2.73. The SMILES string of the molecule is C[C@H]1CC(=O)c2cn3nc(SCc4cccc5ccccc45)nc3nc2C1. The maximum Gasteiger partial charge on any atom is 0.253 e. The Balaban J connectivity index is 1.45. The van der Waals surface area contributed by atoms with E-state index in [1.807, 2.05) is 0 Å². The van der Waals surface area contributed by atoms with Crippen LogP contribution in [0, 0.1) is 5.92 Å². The normalized spacial score (nSPS) is 16.8. The molecule has 0 fully saturated rings. The molecule has 1 atom stereocenters. The van der Waals surface area contributed by atoms with Crippen LogP contribution in [0.3, 0.4) is 0 Å². The fourth-order valence-electron chi connectivity index (χ4n) is 3.68. The van der Waals surface area contributed by atoms with Gasteiger partial charge in [-0.05, 0) is 28.7 Å². The monoisotopic (exact) mass is 374 g/mol. The number of thioether (sulfide) groups is 1. The summed E-state index contributed by atoms with van der Waals surface area (Å²) in [5.41, 5.74) is 2.80. The number of Topliss-reactive ketones (excluding diaryl/α,β-unsaturated/α-hetero) is 1. The highest BCUT2D eigenvalue weighted by Crippen LogP contribution is 2.27. The maximum atomic E-state index is 12.3. The van der Waals surface area contributed by atoms with Crippen LogP contribution < -0.4 is 0 Å². The zero-order valence-electron chi connectivity index (χ0n) is 14.9. The van der Waals surface area contributed by atoms with Crippen molar-refractivity contribution >= 4 is 34.1 Å². The fraction of sp³-hybridized carbons (Fsp3) is 0.238. The van der Waals surface area contributed by atoms with E-state index in [1.165, 1.54) is 16.3 Å². The van der Waals surface area contributed by atoms with Gasteiger partial charge in [-0.3, -0.25) is 4.79 Å². The van der Waals surface area contributed by atoms with E-state index in [-0.39, 0.29) is 5.78 Å². The Labute approximate surface area is 160 Å². The highest BCUT2D eigenvalue weighted by Gasteiger charge is 2.25. The zero-order valence-corrected chi connectivity index (χ0v) is 15.7. The van der Waals surface area contributed by atoms with Crippen molar-refractivity contribution in [3.05, 3.63) is 65.5 Å². The second-order valence-electron chi connectivity index (χ2n) is 7.10. The molecule has 0 saturated heterocycles. The van der Waals surface area contributed by atoms with Crippen molar-refractivity contribution in [1.82, 2.24) is 19.6 Å². The Kier molecular flexibility index (Phi) is 3.93. The number of benzene rings is 2. The predicted molar refractivity (Wildman–Crippen MR) is 106 cm³/mol. The number of fused-ring (bicyclic) bond motifs is 3. The van der Waals surface area contributed by atoms with E-state index >= 15 is 0 Å². The molecule has 0 radical (unpaired) electrons. The molecular formula is C21H18N4OS. The van der Waals surface area contributed by atoms with Gasteiger partial charge in [-0.2, -0.15) is 4.98 Å². The standard InChI is InChI=1S/C21H18N4OS/c1-13-9-18-17(19(26)10-13)11-25-20(22-18)23-21(24-25)27-12-15-7-4-6-14-5-2-3-8-16(14)15/h2-8,11,13H,9-10,12H2,1H3/t13-/m1/s1. The van der Waals surface area contributed by atoms with Crippen LogP contribution >= 0.6 is 11.8 Å². The maximum absolute atomic E-state index is 12.3. The Morgan fingerprint density at radius 1 is 1.11 bits per heavy atom. The Morgan fingerprint density at radius 3 is 2.89 bits per heavy atom. The summed E-state index contributed by atoms with van der Waals surface area (Å²) in [4.78, 5) is 21.4. The van der Waals surface area contributed by atoms with Crippen LogP contribution in [-0.4, -0.2) is 25.4 Å². The summed E-state index contributed by atoms with van der Waals surface area (Å²) in [5, 5.41) is 7.69. The van der Waals surface area contributed by atoms with Crippen molar-refractivity contribution in [2.24, 2.45) is 5.92 Å². The molecule has 0 unspecified atom stereocenters. The number of hydrogen-bond donors (Lipinski definition) is 0. The summed E-state index contributed by atoms with van der Waals surface area (Å²) in [6, 6.07) is 14.7. The molecule has 0 amide bonds. The van der Waals surface area contributed by atoms with Crippen LogP contribution in [0.2, 0.25) is 0 Å². The van der Waals surface area contributed by atoms with Gasteiger partial charge in [0.05, 0.1) is 11.3 Å². The Bertz CT molecular complexity index is 1180. The van der Waals surface area contributed by atoms with Gasteiger partial charge in [0.15, 0.2) is 5.78 Å². The van der Waals surface area contributed by atoms with Crippen molar-refractivity contribution in [3.63, 3.8) is 0 Å². The summed E-state index contributed by atoms with van der Waals surface area (Å²) in [5.74, 6) is 1.84. The van der Waals surface area contributed by atoms with Crippen LogP contribution in [0.1, 0.15) is 35.0 Å². The van der Waals surface area contributed by atoms with Gasteiger partial charge in [-0.25, -0.2) is 9.50 Å². The third-order valence-corrected chi connectivity index (χ3v) is 5.89. The third-order valence-electron chi connectivity index (χ3n) is 5.00. The van der Waals surface area contributed by atoms with Gasteiger partial charge in [0.25, 0.3) is 5.78 Å². The number of carbonyl (C=O) groups excluding carboxylic acids is 1. The minimum Gasteiger partial charge on any atom is -0.294 e.